The molecule has 7 nitrogen and oxygen atoms in total. The van der Waals surface area contributed by atoms with E-state index in [1.807, 2.05) is 32.0 Å². The van der Waals surface area contributed by atoms with Crippen LogP contribution in [0.1, 0.15) is 89.3 Å². The van der Waals surface area contributed by atoms with Crippen LogP contribution in [0.25, 0.3) is 10.2 Å². The summed E-state index contributed by atoms with van der Waals surface area (Å²) in [5.74, 6) is -1.58. The monoisotopic (exact) mass is 557 g/mol. The third kappa shape index (κ3) is 6.62. The molecule has 2 aliphatic heterocycles. The number of esters is 1. The fourth-order valence-corrected chi connectivity index (χ4v) is 6.68. The van der Waals surface area contributed by atoms with Crippen LogP contribution in [0.4, 0.5) is 0 Å². The summed E-state index contributed by atoms with van der Waals surface area (Å²) in [6, 6.07) is 5.93. The van der Waals surface area contributed by atoms with Gasteiger partial charge in [-0.2, -0.15) is 0 Å². The van der Waals surface area contributed by atoms with E-state index in [4.69, 9.17) is 9.47 Å². The van der Waals surface area contributed by atoms with Crippen molar-refractivity contribution in [1.29, 1.82) is 0 Å². The maximum Gasteiger partial charge on any atom is 0.309 e. The van der Waals surface area contributed by atoms with Gasteiger partial charge in [-0.1, -0.05) is 39.3 Å². The molecular formula is C31H43NO6S. The van der Waals surface area contributed by atoms with E-state index >= 15 is 0 Å². The second-order valence-electron chi connectivity index (χ2n) is 12.2. The highest BCUT2D eigenvalue weighted by Crippen LogP contribution is 2.47. The van der Waals surface area contributed by atoms with E-state index in [-0.39, 0.29) is 29.8 Å². The molecule has 0 bridgehead atoms. The zero-order chi connectivity index (χ0) is 28.5. The van der Waals surface area contributed by atoms with Gasteiger partial charge in [-0.15, -0.1) is 17.9 Å². The molecule has 2 saturated heterocycles. The van der Waals surface area contributed by atoms with Gasteiger partial charge in [0.1, 0.15) is 11.9 Å². The highest BCUT2D eigenvalue weighted by atomic mass is 32.1. The minimum atomic E-state index is -1.26. The Labute approximate surface area is 235 Å². The van der Waals surface area contributed by atoms with Crippen molar-refractivity contribution in [2.75, 3.05) is 0 Å². The number of aliphatic hydroxyl groups excluding tert-OH is 2. The van der Waals surface area contributed by atoms with Gasteiger partial charge in [0.15, 0.2) is 0 Å². The summed E-state index contributed by atoms with van der Waals surface area (Å²) in [5.41, 5.74) is 0.134. The number of fused-ring (bicyclic) bond motifs is 2. The first-order valence-electron chi connectivity index (χ1n) is 14.1. The summed E-state index contributed by atoms with van der Waals surface area (Å²) in [6.07, 6.45) is 2.61. The molecule has 2 fully saturated rings. The molecule has 0 amide bonds. The Bertz CT molecular complexity index is 1210. The van der Waals surface area contributed by atoms with Crippen molar-refractivity contribution in [3.05, 3.63) is 41.4 Å². The number of carbonyl (C=O) groups excluding carboxylic acids is 2. The summed E-state index contributed by atoms with van der Waals surface area (Å²) in [7, 11) is 0. The number of thiazole rings is 1. The van der Waals surface area contributed by atoms with Crippen molar-refractivity contribution in [3.8, 4) is 0 Å². The molecule has 1 aromatic carbocycles. The number of Topliss-reactive ketones (excluding diaryl/α,β-unsaturated/α-hetero) is 1. The van der Waals surface area contributed by atoms with Crippen LogP contribution in [0.3, 0.4) is 0 Å². The summed E-state index contributed by atoms with van der Waals surface area (Å²) in [6.45, 7) is 13.1. The lowest BCUT2D eigenvalue weighted by atomic mass is 9.71. The van der Waals surface area contributed by atoms with Crippen molar-refractivity contribution < 1.29 is 29.3 Å². The van der Waals surface area contributed by atoms with Crippen LogP contribution in [0.5, 0.6) is 0 Å². The first-order valence-corrected chi connectivity index (χ1v) is 14.9. The number of aliphatic hydroxyl groups is 2. The summed E-state index contributed by atoms with van der Waals surface area (Å²) >= 11 is 1.62. The van der Waals surface area contributed by atoms with Crippen LogP contribution in [-0.2, 0) is 19.1 Å². The SMILES string of the molecule is C=CCC[C@H]1C(=O)C(C)(C)[C@@H](O)CC(=O)O[C@H](c2ccc3sc(C)nc3c2)C[C@@H]2O[C@]2(C)CCC[C@H](C)[C@@H]1O. The van der Waals surface area contributed by atoms with Gasteiger partial charge < -0.3 is 19.7 Å². The summed E-state index contributed by atoms with van der Waals surface area (Å²) in [5, 5.41) is 23.3. The molecule has 8 heteroatoms. The summed E-state index contributed by atoms with van der Waals surface area (Å²) in [4.78, 5) is 31.5. The maximum absolute atomic E-state index is 13.7. The van der Waals surface area contributed by atoms with E-state index in [0.717, 1.165) is 40.1 Å². The third-order valence-corrected chi connectivity index (χ3v) is 9.75. The number of rotatable bonds is 4. The second kappa shape index (κ2) is 11.8. The standard InChI is InChI=1S/C31H43NO6S/c1-7-8-11-21-28(35)18(2)10-9-14-31(6)26(38-31)16-23(20-12-13-24-22(15-20)32-19(3)39-24)37-27(34)17-25(33)30(4,5)29(21)36/h7,12-13,15,18,21,23,25-26,28,33,35H,1,8-11,14,16-17H2,2-6H3/t18-,21+,23-,25-,26-,28-,31+/m0/s1. The Morgan fingerprint density at radius 1 is 1.23 bits per heavy atom. The zero-order valence-corrected chi connectivity index (χ0v) is 24.6. The largest absolute Gasteiger partial charge is 0.457 e. The molecule has 0 unspecified atom stereocenters. The molecule has 4 rings (SSSR count). The minimum Gasteiger partial charge on any atom is -0.457 e. The Balaban J connectivity index is 1.62. The third-order valence-electron chi connectivity index (χ3n) is 8.80. The van der Waals surface area contributed by atoms with Crippen molar-refractivity contribution in [1.82, 2.24) is 4.98 Å². The van der Waals surface area contributed by atoms with Gasteiger partial charge in [0, 0.05) is 12.3 Å². The van der Waals surface area contributed by atoms with Gasteiger partial charge in [0.25, 0.3) is 0 Å². The smallest absolute Gasteiger partial charge is 0.309 e. The number of hydrogen-bond donors (Lipinski definition) is 2. The maximum atomic E-state index is 13.7. The molecule has 3 heterocycles. The number of hydrogen-bond acceptors (Lipinski definition) is 8. The van der Waals surface area contributed by atoms with Crippen LogP contribution in [0.2, 0.25) is 0 Å². The number of cyclic esters (lactones) is 1. The molecule has 39 heavy (non-hydrogen) atoms. The van der Waals surface area contributed by atoms with E-state index in [1.165, 1.54) is 0 Å². The van der Waals surface area contributed by atoms with Gasteiger partial charge in [-0.05, 0) is 63.1 Å². The molecule has 2 aromatic rings. The van der Waals surface area contributed by atoms with Gasteiger partial charge in [0.05, 0.1) is 51.0 Å². The zero-order valence-electron chi connectivity index (χ0n) is 23.8. The van der Waals surface area contributed by atoms with Crippen LogP contribution >= 0.6 is 11.3 Å². The quantitative estimate of drug-likeness (QED) is 0.276. The van der Waals surface area contributed by atoms with E-state index < -0.39 is 35.6 Å². The lowest BCUT2D eigenvalue weighted by molar-refractivity contribution is -0.156. The number of allylic oxidation sites excluding steroid dienone is 1. The molecule has 214 valence electrons. The van der Waals surface area contributed by atoms with E-state index in [2.05, 4.69) is 18.5 Å². The van der Waals surface area contributed by atoms with Crippen molar-refractivity contribution in [3.63, 3.8) is 0 Å². The van der Waals surface area contributed by atoms with Crippen LogP contribution in [0, 0.1) is 24.2 Å². The first kappa shape index (κ1) is 29.8. The van der Waals surface area contributed by atoms with Crippen LogP contribution in [-0.4, -0.2) is 50.9 Å². The molecule has 2 N–H and O–H groups in total. The van der Waals surface area contributed by atoms with Crippen LogP contribution in [0.15, 0.2) is 30.9 Å². The molecule has 0 saturated carbocycles. The van der Waals surface area contributed by atoms with Crippen molar-refractivity contribution in [2.45, 2.75) is 110 Å². The Morgan fingerprint density at radius 2 is 1.97 bits per heavy atom. The lowest BCUT2D eigenvalue weighted by Crippen LogP contribution is -2.46. The molecule has 7 atom stereocenters. The number of carbonyl (C=O) groups is 2. The Kier molecular flexibility index (Phi) is 9.01. The predicted octanol–water partition coefficient (Wildman–Crippen LogP) is 5.85. The van der Waals surface area contributed by atoms with Crippen molar-refractivity contribution >= 4 is 33.3 Å². The van der Waals surface area contributed by atoms with Gasteiger partial charge >= 0.3 is 5.97 Å². The number of epoxide rings is 1. The topological polar surface area (TPSA) is 109 Å². The molecule has 1 aromatic heterocycles. The average molecular weight is 558 g/mol. The number of ketones is 1. The lowest BCUT2D eigenvalue weighted by Gasteiger charge is -2.36. The highest BCUT2D eigenvalue weighted by Gasteiger charge is 2.53. The molecular weight excluding hydrogens is 514 g/mol. The molecule has 0 radical (unpaired) electrons. The van der Waals surface area contributed by atoms with Gasteiger partial charge in [0.2, 0.25) is 0 Å². The number of benzene rings is 1. The average Bonchev–Trinajstić information content (AvgIpc) is 3.34. The van der Waals surface area contributed by atoms with Crippen molar-refractivity contribution in [2.24, 2.45) is 17.3 Å². The number of nitrogens with zero attached hydrogens (tertiary/aromatic N) is 1. The fourth-order valence-electron chi connectivity index (χ4n) is 5.87. The molecule has 0 aliphatic carbocycles. The van der Waals surface area contributed by atoms with Gasteiger partial charge in [-0.3, -0.25) is 9.59 Å². The number of aromatic nitrogens is 1. The Morgan fingerprint density at radius 3 is 2.69 bits per heavy atom. The first-order chi connectivity index (χ1) is 18.4. The van der Waals surface area contributed by atoms with E-state index in [0.29, 0.717) is 19.3 Å². The van der Waals surface area contributed by atoms with E-state index in [1.54, 1.807) is 31.3 Å². The predicted molar refractivity (Wildman–Crippen MR) is 152 cm³/mol. The normalized spacial score (nSPS) is 34.3. The molecule has 2 aliphatic rings. The molecule has 0 spiro atoms. The number of aryl methyl sites for hydroxylation is 1. The fraction of sp³-hybridized carbons (Fsp3) is 0.645. The highest BCUT2D eigenvalue weighted by molar-refractivity contribution is 7.18. The minimum absolute atomic E-state index is 0.0698. The Hall–Kier alpha value is -2.13. The van der Waals surface area contributed by atoms with E-state index in [9.17, 15) is 19.8 Å². The van der Waals surface area contributed by atoms with Crippen LogP contribution < -0.4 is 0 Å². The van der Waals surface area contributed by atoms with Gasteiger partial charge in [-0.25, -0.2) is 4.98 Å². The number of ether oxygens (including phenoxy) is 2. The second-order valence-corrected chi connectivity index (χ2v) is 13.5. The summed E-state index contributed by atoms with van der Waals surface area (Å²) < 4.78 is 13.2.